The molecule has 4 nitrogen and oxygen atoms in total. The molecule has 0 aliphatic rings. The van der Waals surface area contributed by atoms with Gasteiger partial charge in [-0.3, -0.25) is 0 Å². The molecule has 0 bridgehead atoms. The van der Waals surface area contributed by atoms with Crippen molar-refractivity contribution in [3.8, 4) is 11.1 Å². The Morgan fingerprint density at radius 2 is 1.76 bits per heavy atom. The predicted octanol–water partition coefficient (Wildman–Crippen LogP) is 6.48. The Kier molecular flexibility index (Phi) is 7.74. The SMILES string of the molecule is C=CC(=O)OCCc1ccc2cc(-c3ccc(CCCCC)cc3C(F)(F)F)c(=O)oc2c1. The summed E-state index contributed by atoms with van der Waals surface area (Å²) in [5, 5.41) is 0.497. The van der Waals surface area contributed by atoms with Gasteiger partial charge in [-0.1, -0.05) is 50.6 Å². The number of hydrogen-bond donors (Lipinski definition) is 0. The monoisotopic (exact) mass is 458 g/mol. The maximum absolute atomic E-state index is 13.8. The van der Waals surface area contributed by atoms with Crippen LogP contribution in [0.3, 0.4) is 0 Å². The summed E-state index contributed by atoms with van der Waals surface area (Å²) in [5.74, 6) is -0.538. The standard InChI is InChI=1S/C26H25F3O4/c1-3-5-6-7-17-9-11-20(22(14-17)26(27,28)29)21-16-19-10-8-18(12-13-32-24(30)4-2)15-23(19)33-25(21)31/h4,8-11,14-16H,2-3,5-7,12-13H2,1H3. The van der Waals surface area contributed by atoms with Crippen LogP contribution >= 0.6 is 0 Å². The quantitative estimate of drug-likeness (QED) is 0.159. The number of aryl methyl sites for hydroxylation is 1. The first-order valence-electron chi connectivity index (χ1n) is 10.8. The molecule has 0 aliphatic heterocycles. The summed E-state index contributed by atoms with van der Waals surface area (Å²) in [6.45, 7) is 5.47. The molecule has 7 heteroatoms. The number of hydrogen-bond acceptors (Lipinski definition) is 4. The third-order valence-electron chi connectivity index (χ3n) is 5.35. The molecule has 0 fully saturated rings. The van der Waals surface area contributed by atoms with Crippen LogP contribution in [0, 0.1) is 0 Å². The topological polar surface area (TPSA) is 56.5 Å². The third kappa shape index (κ3) is 6.12. The van der Waals surface area contributed by atoms with E-state index in [1.165, 1.54) is 12.1 Å². The van der Waals surface area contributed by atoms with Crippen molar-refractivity contribution in [1.29, 1.82) is 0 Å². The highest BCUT2D eigenvalue weighted by atomic mass is 19.4. The minimum Gasteiger partial charge on any atom is -0.462 e. The van der Waals surface area contributed by atoms with Crippen LogP contribution in [0.1, 0.15) is 42.9 Å². The van der Waals surface area contributed by atoms with Crippen molar-refractivity contribution in [2.24, 2.45) is 0 Å². The minimum atomic E-state index is -4.61. The Balaban J connectivity index is 1.95. The Morgan fingerprint density at radius 3 is 2.45 bits per heavy atom. The highest BCUT2D eigenvalue weighted by Gasteiger charge is 2.34. The second-order valence-electron chi connectivity index (χ2n) is 7.78. The number of unbranched alkanes of at least 4 members (excludes halogenated alkanes) is 2. The molecule has 33 heavy (non-hydrogen) atoms. The predicted molar refractivity (Wildman–Crippen MR) is 121 cm³/mol. The summed E-state index contributed by atoms with van der Waals surface area (Å²) in [6, 6.07) is 10.6. The molecule has 0 unspecified atom stereocenters. The van der Waals surface area contributed by atoms with E-state index in [2.05, 4.69) is 6.58 Å². The fraction of sp³-hybridized carbons (Fsp3) is 0.308. The Labute approximate surface area is 189 Å². The average Bonchev–Trinajstić information content (AvgIpc) is 2.78. The van der Waals surface area contributed by atoms with Gasteiger partial charge in [0, 0.05) is 23.4 Å². The number of benzene rings is 2. The first-order chi connectivity index (χ1) is 15.7. The number of carbonyl (C=O) groups is 1. The van der Waals surface area contributed by atoms with Crippen LogP contribution in [0.5, 0.6) is 0 Å². The van der Waals surface area contributed by atoms with Crippen molar-refractivity contribution >= 4 is 16.9 Å². The number of esters is 1. The van der Waals surface area contributed by atoms with Gasteiger partial charge < -0.3 is 9.15 Å². The number of ether oxygens (including phenoxy) is 1. The van der Waals surface area contributed by atoms with E-state index in [9.17, 15) is 22.8 Å². The summed E-state index contributed by atoms with van der Waals surface area (Å²) >= 11 is 0. The van der Waals surface area contributed by atoms with Crippen LogP contribution in [0.4, 0.5) is 13.2 Å². The van der Waals surface area contributed by atoms with Crippen LogP contribution in [0.15, 0.2) is 64.3 Å². The lowest BCUT2D eigenvalue weighted by atomic mass is 9.95. The zero-order chi connectivity index (χ0) is 24.0. The number of halogens is 3. The van der Waals surface area contributed by atoms with Crippen molar-refractivity contribution in [2.75, 3.05) is 6.61 Å². The molecule has 1 aromatic heterocycles. The highest BCUT2D eigenvalue weighted by molar-refractivity contribution is 5.83. The van der Waals surface area contributed by atoms with Gasteiger partial charge in [-0.2, -0.15) is 13.2 Å². The lowest BCUT2D eigenvalue weighted by Gasteiger charge is -2.15. The molecule has 0 saturated carbocycles. The van der Waals surface area contributed by atoms with Crippen molar-refractivity contribution in [3.63, 3.8) is 0 Å². The van der Waals surface area contributed by atoms with Gasteiger partial charge in [-0.15, -0.1) is 0 Å². The van der Waals surface area contributed by atoms with Gasteiger partial charge in [0.25, 0.3) is 0 Å². The van der Waals surface area contributed by atoms with Gasteiger partial charge in [0.1, 0.15) is 5.58 Å². The number of fused-ring (bicyclic) bond motifs is 1. The molecule has 0 N–H and O–H groups in total. The maximum Gasteiger partial charge on any atom is 0.417 e. The first kappa shape index (κ1) is 24.3. The molecule has 0 spiro atoms. The first-order valence-corrected chi connectivity index (χ1v) is 10.8. The van der Waals surface area contributed by atoms with E-state index in [0.717, 1.165) is 37.0 Å². The zero-order valence-electron chi connectivity index (χ0n) is 18.3. The summed E-state index contributed by atoms with van der Waals surface area (Å²) < 4.78 is 51.8. The van der Waals surface area contributed by atoms with Crippen molar-refractivity contribution < 1.29 is 27.1 Å². The van der Waals surface area contributed by atoms with E-state index in [4.69, 9.17) is 9.15 Å². The van der Waals surface area contributed by atoms with E-state index in [-0.39, 0.29) is 23.3 Å². The molecule has 174 valence electrons. The molecule has 0 atom stereocenters. The summed E-state index contributed by atoms with van der Waals surface area (Å²) in [7, 11) is 0. The van der Waals surface area contributed by atoms with Crippen LogP contribution in [0.2, 0.25) is 0 Å². The Bertz CT molecular complexity index is 1210. The van der Waals surface area contributed by atoms with Gasteiger partial charge in [0.2, 0.25) is 0 Å². The molecule has 1 heterocycles. The normalized spacial score (nSPS) is 11.5. The van der Waals surface area contributed by atoms with E-state index in [1.807, 2.05) is 6.92 Å². The van der Waals surface area contributed by atoms with E-state index in [1.54, 1.807) is 24.3 Å². The molecule has 0 aliphatic carbocycles. The second kappa shape index (κ2) is 10.5. The van der Waals surface area contributed by atoms with E-state index >= 15 is 0 Å². The smallest absolute Gasteiger partial charge is 0.417 e. The van der Waals surface area contributed by atoms with Crippen LogP contribution in [-0.2, 0) is 28.5 Å². The number of rotatable bonds is 9. The van der Waals surface area contributed by atoms with Crippen molar-refractivity contribution in [3.05, 3.63) is 82.2 Å². The van der Waals surface area contributed by atoms with Crippen LogP contribution in [0.25, 0.3) is 22.1 Å². The molecular weight excluding hydrogens is 433 g/mol. The molecule has 2 aromatic carbocycles. The minimum absolute atomic E-state index is 0.123. The fourth-order valence-corrected chi connectivity index (χ4v) is 3.62. The van der Waals surface area contributed by atoms with Gasteiger partial charge in [-0.05, 0) is 42.2 Å². The molecule has 0 saturated heterocycles. The van der Waals surface area contributed by atoms with Crippen LogP contribution < -0.4 is 5.63 Å². The van der Waals surface area contributed by atoms with Gasteiger partial charge >= 0.3 is 17.8 Å². The number of carbonyl (C=O) groups excluding carboxylic acids is 1. The largest absolute Gasteiger partial charge is 0.462 e. The number of alkyl halides is 3. The third-order valence-corrected chi connectivity index (χ3v) is 5.35. The fourth-order valence-electron chi connectivity index (χ4n) is 3.62. The zero-order valence-corrected chi connectivity index (χ0v) is 18.3. The molecule has 3 rings (SSSR count). The second-order valence-corrected chi connectivity index (χ2v) is 7.78. The summed E-state index contributed by atoms with van der Waals surface area (Å²) in [5.41, 5.74) is -0.429. The average molecular weight is 458 g/mol. The lowest BCUT2D eigenvalue weighted by molar-refractivity contribution is -0.138. The molecule has 0 radical (unpaired) electrons. The highest BCUT2D eigenvalue weighted by Crippen LogP contribution is 2.37. The maximum atomic E-state index is 13.8. The van der Waals surface area contributed by atoms with E-state index in [0.29, 0.717) is 23.8 Å². The van der Waals surface area contributed by atoms with Crippen LogP contribution in [-0.4, -0.2) is 12.6 Å². The van der Waals surface area contributed by atoms with E-state index < -0.39 is 23.3 Å². The van der Waals surface area contributed by atoms with Crippen molar-refractivity contribution in [2.45, 2.75) is 45.2 Å². The Morgan fingerprint density at radius 1 is 1.03 bits per heavy atom. The van der Waals surface area contributed by atoms with Gasteiger partial charge in [0.15, 0.2) is 0 Å². The molecule has 3 aromatic rings. The Hall–Kier alpha value is -3.35. The summed E-state index contributed by atoms with van der Waals surface area (Å²) in [6.07, 6.45) is 0.117. The lowest BCUT2D eigenvalue weighted by Crippen LogP contribution is -2.12. The van der Waals surface area contributed by atoms with Gasteiger partial charge in [0.05, 0.1) is 17.7 Å². The summed E-state index contributed by atoms with van der Waals surface area (Å²) in [4.78, 5) is 23.8. The van der Waals surface area contributed by atoms with Crippen molar-refractivity contribution in [1.82, 2.24) is 0 Å². The molecular formula is C26H25F3O4. The van der Waals surface area contributed by atoms with Gasteiger partial charge in [-0.25, -0.2) is 9.59 Å². The molecule has 0 amide bonds.